The van der Waals surface area contributed by atoms with E-state index in [1.165, 1.54) is 0 Å². The summed E-state index contributed by atoms with van der Waals surface area (Å²) in [6.45, 7) is 5.54. The molecule has 0 aliphatic heterocycles. The number of nitrogens with zero attached hydrogens (tertiary/aromatic N) is 2. The van der Waals surface area contributed by atoms with Crippen LogP contribution in [-0.2, 0) is 11.2 Å². The second-order valence-electron chi connectivity index (χ2n) is 7.56. The number of hydrogen-bond donors (Lipinski definition) is 2. The van der Waals surface area contributed by atoms with Crippen LogP contribution in [0, 0.1) is 0 Å². The first-order valence-corrected chi connectivity index (χ1v) is 11.7. The third-order valence-corrected chi connectivity index (χ3v) is 5.44. The molecule has 2 aromatic carbocycles. The van der Waals surface area contributed by atoms with Crippen molar-refractivity contribution in [3.8, 4) is 17.2 Å². The molecule has 0 aliphatic carbocycles. The van der Waals surface area contributed by atoms with Gasteiger partial charge in [0.2, 0.25) is 0 Å². The highest BCUT2D eigenvalue weighted by Crippen LogP contribution is 2.29. The van der Waals surface area contributed by atoms with Gasteiger partial charge < -0.3 is 24.4 Å². The van der Waals surface area contributed by atoms with Gasteiger partial charge in [-0.1, -0.05) is 0 Å². The van der Waals surface area contributed by atoms with Crippen LogP contribution in [0.15, 0.2) is 59.6 Å². The lowest BCUT2D eigenvalue weighted by Gasteiger charge is -2.15. The van der Waals surface area contributed by atoms with E-state index in [0.29, 0.717) is 33.5 Å². The van der Waals surface area contributed by atoms with Gasteiger partial charge >= 0.3 is 0 Å². The first kappa shape index (κ1) is 23.6. The summed E-state index contributed by atoms with van der Waals surface area (Å²) in [4.78, 5) is 13.6. The highest BCUT2D eigenvalue weighted by Gasteiger charge is 2.15. The Kier molecular flexibility index (Phi) is 7.79. The van der Waals surface area contributed by atoms with Crippen LogP contribution in [0.25, 0.3) is 0 Å². The molecule has 32 heavy (non-hydrogen) atoms. The highest BCUT2D eigenvalue weighted by molar-refractivity contribution is 7.90. The molecule has 0 saturated carbocycles. The maximum atomic E-state index is 12.9. The Hall–Kier alpha value is -3.01. The van der Waals surface area contributed by atoms with Crippen molar-refractivity contribution in [2.45, 2.75) is 37.8 Å². The fraction of sp³-hybridized carbons (Fsp3) is 0.304. The molecule has 8 nitrogen and oxygen atoms in total. The standard InChI is InChI=1S/C23H27N3O5S/c1-15(2)26-10-9-22(25-26)24-23(28)17-11-19(30-16(3)14-27)13-20(12-17)31-18-5-7-21(8-6-18)32(4)29/h5-13,15-16,27H,14H2,1-4H3,(H,24,25,28)/t16-,32?/m0/s1. The molecule has 2 N–H and O–H groups in total. The van der Waals surface area contributed by atoms with Crippen LogP contribution in [0.4, 0.5) is 5.82 Å². The molecule has 3 aromatic rings. The number of aliphatic hydroxyl groups is 1. The number of amides is 1. The van der Waals surface area contributed by atoms with E-state index in [1.54, 1.807) is 72.6 Å². The molecule has 0 fully saturated rings. The van der Waals surface area contributed by atoms with Crippen LogP contribution in [-0.4, -0.2) is 44.3 Å². The fourth-order valence-electron chi connectivity index (χ4n) is 2.82. The van der Waals surface area contributed by atoms with Gasteiger partial charge in [-0.3, -0.25) is 9.48 Å². The number of carbonyl (C=O) groups excluding carboxylic acids is 1. The lowest BCUT2D eigenvalue weighted by atomic mass is 10.2. The number of carbonyl (C=O) groups is 1. The first-order valence-electron chi connectivity index (χ1n) is 10.2. The average molecular weight is 458 g/mol. The largest absolute Gasteiger partial charge is 0.612 e. The van der Waals surface area contributed by atoms with Crippen molar-refractivity contribution in [3.63, 3.8) is 0 Å². The number of anilines is 1. The van der Waals surface area contributed by atoms with Crippen LogP contribution in [0.1, 0.15) is 37.2 Å². The number of benzene rings is 2. The molecule has 0 bridgehead atoms. The maximum Gasteiger partial charge on any atom is 0.257 e. The number of nitrogens with one attached hydrogen (secondary N) is 1. The number of ether oxygens (including phenoxy) is 2. The Morgan fingerprint density at radius 1 is 1.12 bits per heavy atom. The van der Waals surface area contributed by atoms with Crippen molar-refractivity contribution in [2.75, 3.05) is 18.2 Å². The van der Waals surface area contributed by atoms with Crippen molar-refractivity contribution >= 4 is 22.9 Å². The van der Waals surface area contributed by atoms with E-state index in [-0.39, 0.29) is 18.6 Å². The summed E-state index contributed by atoms with van der Waals surface area (Å²) in [5.41, 5.74) is 0.313. The van der Waals surface area contributed by atoms with Crippen LogP contribution in [0.3, 0.4) is 0 Å². The molecule has 1 aromatic heterocycles. The van der Waals surface area contributed by atoms with E-state index >= 15 is 0 Å². The lowest BCUT2D eigenvalue weighted by molar-refractivity contribution is 0.102. The van der Waals surface area contributed by atoms with E-state index in [4.69, 9.17) is 9.47 Å². The summed E-state index contributed by atoms with van der Waals surface area (Å²) in [6.07, 6.45) is 2.94. The number of hydrogen-bond acceptors (Lipinski definition) is 6. The third kappa shape index (κ3) is 6.25. The second kappa shape index (κ2) is 10.5. The smallest absolute Gasteiger partial charge is 0.257 e. The predicted molar refractivity (Wildman–Crippen MR) is 123 cm³/mol. The van der Waals surface area contributed by atoms with Gasteiger partial charge in [-0.15, -0.1) is 0 Å². The molecule has 1 unspecified atom stereocenters. The van der Waals surface area contributed by atoms with Gasteiger partial charge in [-0.2, -0.15) is 5.10 Å². The maximum absolute atomic E-state index is 12.9. The molecule has 0 spiro atoms. The molecule has 9 heteroatoms. The Morgan fingerprint density at radius 2 is 1.81 bits per heavy atom. The number of aliphatic hydroxyl groups excluding tert-OH is 1. The monoisotopic (exact) mass is 457 g/mol. The van der Waals surface area contributed by atoms with Crippen molar-refractivity contribution in [3.05, 3.63) is 60.3 Å². The van der Waals surface area contributed by atoms with Crippen LogP contribution < -0.4 is 14.8 Å². The van der Waals surface area contributed by atoms with Gasteiger partial charge in [-0.25, -0.2) is 0 Å². The Balaban J connectivity index is 1.85. The Morgan fingerprint density at radius 3 is 2.41 bits per heavy atom. The zero-order valence-electron chi connectivity index (χ0n) is 18.4. The van der Waals surface area contributed by atoms with Crippen molar-refractivity contribution in [1.29, 1.82) is 0 Å². The van der Waals surface area contributed by atoms with E-state index < -0.39 is 17.3 Å². The van der Waals surface area contributed by atoms with E-state index in [0.717, 1.165) is 0 Å². The van der Waals surface area contributed by atoms with Crippen molar-refractivity contribution < 1.29 is 23.9 Å². The summed E-state index contributed by atoms with van der Waals surface area (Å²) < 4.78 is 24.9. The van der Waals surface area contributed by atoms with E-state index in [2.05, 4.69) is 10.4 Å². The molecule has 2 atom stereocenters. The summed E-state index contributed by atoms with van der Waals surface area (Å²) in [5, 5.41) is 16.4. The van der Waals surface area contributed by atoms with Gasteiger partial charge in [0, 0.05) is 29.9 Å². The zero-order valence-corrected chi connectivity index (χ0v) is 19.3. The van der Waals surface area contributed by atoms with Gasteiger partial charge in [0.15, 0.2) is 10.7 Å². The van der Waals surface area contributed by atoms with Crippen molar-refractivity contribution in [1.82, 2.24) is 9.78 Å². The molecule has 0 radical (unpaired) electrons. The summed E-state index contributed by atoms with van der Waals surface area (Å²) in [7, 11) is 0. The topological polar surface area (TPSA) is 109 Å². The van der Waals surface area contributed by atoms with Crippen LogP contribution in [0.5, 0.6) is 17.2 Å². The highest BCUT2D eigenvalue weighted by atomic mass is 32.2. The number of rotatable bonds is 9. The SMILES string of the molecule is CC(C)n1ccc(NC(=O)c2cc(Oc3ccc([S+](C)[O-])cc3)cc(O[C@@H](C)CO)c2)n1. The van der Waals surface area contributed by atoms with Crippen LogP contribution >= 0.6 is 0 Å². The lowest BCUT2D eigenvalue weighted by Crippen LogP contribution is -2.17. The van der Waals surface area contributed by atoms with E-state index in [9.17, 15) is 14.5 Å². The molecule has 1 heterocycles. The Labute approximate surface area is 190 Å². The van der Waals surface area contributed by atoms with Gasteiger partial charge in [0.1, 0.15) is 29.6 Å². The molecule has 1 amide bonds. The molecule has 170 valence electrons. The third-order valence-electron chi connectivity index (χ3n) is 4.51. The van der Waals surface area contributed by atoms with E-state index in [1.807, 2.05) is 13.8 Å². The first-order chi connectivity index (χ1) is 15.2. The van der Waals surface area contributed by atoms with Gasteiger partial charge in [0.25, 0.3) is 5.91 Å². The average Bonchev–Trinajstić information content (AvgIpc) is 3.22. The molecule has 3 rings (SSSR count). The molecular formula is C23H27N3O5S. The minimum Gasteiger partial charge on any atom is -0.612 e. The van der Waals surface area contributed by atoms with Gasteiger partial charge in [0.05, 0.1) is 6.61 Å². The minimum absolute atomic E-state index is 0.172. The minimum atomic E-state index is -1.09. The number of aromatic nitrogens is 2. The molecule has 0 saturated heterocycles. The second-order valence-corrected chi connectivity index (χ2v) is 8.94. The fourth-order valence-corrected chi connectivity index (χ4v) is 3.33. The zero-order chi connectivity index (χ0) is 23.3. The summed E-state index contributed by atoms with van der Waals surface area (Å²) in [6, 6.07) is 13.6. The van der Waals surface area contributed by atoms with Crippen molar-refractivity contribution in [2.24, 2.45) is 0 Å². The predicted octanol–water partition coefficient (Wildman–Crippen LogP) is 4.01. The molecular weight excluding hydrogens is 430 g/mol. The summed E-state index contributed by atoms with van der Waals surface area (Å²) in [5.74, 6) is 1.35. The molecule has 0 aliphatic rings. The summed E-state index contributed by atoms with van der Waals surface area (Å²) >= 11 is -1.09. The quantitative estimate of drug-likeness (QED) is 0.470. The van der Waals surface area contributed by atoms with Crippen LogP contribution in [0.2, 0.25) is 0 Å². The Bertz CT molecular complexity index is 1050. The van der Waals surface area contributed by atoms with Gasteiger partial charge in [-0.05, 0) is 68.3 Å². The normalized spacial score (nSPS) is 13.0.